The molecule has 0 spiro atoms. The number of allylic oxidation sites excluding steroid dienone is 2. The minimum atomic E-state index is 0.836. The van der Waals surface area contributed by atoms with Gasteiger partial charge in [0, 0.05) is 0 Å². The smallest absolute Gasteiger partial charge is 0.142 e. The highest BCUT2D eigenvalue weighted by molar-refractivity contribution is 5.66. The third-order valence-corrected chi connectivity index (χ3v) is 3.43. The Hall–Kier alpha value is -0.590. The highest BCUT2D eigenvalue weighted by atomic mass is 16.1. The average molecular weight is 238 g/mol. The molecule has 1 atom stereocenters. The van der Waals surface area contributed by atoms with Gasteiger partial charge in [0.1, 0.15) is 6.29 Å². The van der Waals surface area contributed by atoms with Crippen LogP contribution in [-0.4, -0.2) is 6.29 Å². The van der Waals surface area contributed by atoms with Crippen LogP contribution >= 0.6 is 0 Å². The number of aldehydes is 1. The fourth-order valence-corrected chi connectivity index (χ4v) is 2.17. The van der Waals surface area contributed by atoms with Crippen molar-refractivity contribution < 1.29 is 4.79 Å². The largest absolute Gasteiger partial charge is 0.299 e. The molecule has 1 unspecified atom stereocenters. The lowest BCUT2D eigenvalue weighted by Crippen LogP contribution is -1.97. The Morgan fingerprint density at radius 3 is 2.24 bits per heavy atom. The lowest BCUT2D eigenvalue weighted by Gasteiger charge is -2.12. The maximum Gasteiger partial charge on any atom is 0.142 e. The van der Waals surface area contributed by atoms with E-state index in [0.29, 0.717) is 0 Å². The second-order valence-electron chi connectivity index (χ2n) is 5.64. The highest BCUT2D eigenvalue weighted by Gasteiger charge is 2.04. The van der Waals surface area contributed by atoms with Gasteiger partial charge in [0.2, 0.25) is 0 Å². The normalized spacial score (nSPS) is 14.1. The third-order valence-electron chi connectivity index (χ3n) is 3.43. The van der Waals surface area contributed by atoms with Gasteiger partial charge in [0.05, 0.1) is 0 Å². The Labute approximate surface area is 108 Å². The van der Waals surface area contributed by atoms with Gasteiger partial charge in [-0.05, 0) is 37.2 Å². The van der Waals surface area contributed by atoms with Gasteiger partial charge in [0.25, 0.3) is 0 Å². The van der Waals surface area contributed by atoms with Crippen molar-refractivity contribution in [1.82, 2.24) is 0 Å². The van der Waals surface area contributed by atoms with E-state index in [-0.39, 0.29) is 0 Å². The van der Waals surface area contributed by atoms with Crippen LogP contribution in [0.2, 0.25) is 0 Å². The molecule has 0 saturated heterocycles. The van der Waals surface area contributed by atoms with Gasteiger partial charge in [-0.25, -0.2) is 0 Å². The zero-order chi connectivity index (χ0) is 13.1. The molecular formula is C16H30O. The Morgan fingerprint density at radius 2 is 1.71 bits per heavy atom. The number of carbonyl (C=O) groups excluding carboxylic acids is 1. The molecule has 0 aromatic heterocycles. The maximum absolute atomic E-state index is 10.4. The van der Waals surface area contributed by atoms with Crippen LogP contribution in [0.5, 0.6) is 0 Å². The predicted octanol–water partition coefficient (Wildman–Crippen LogP) is 5.15. The van der Waals surface area contributed by atoms with E-state index in [0.717, 1.165) is 31.0 Å². The summed E-state index contributed by atoms with van der Waals surface area (Å²) >= 11 is 0. The molecular weight excluding hydrogens is 208 g/mol. The van der Waals surface area contributed by atoms with Crippen LogP contribution in [0.3, 0.4) is 0 Å². The quantitative estimate of drug-likeness (QED) is 0.380. The fraction of sp³-hybridized carbons (Fsp3) is 0.812. The van der Waals surface area contributed by atoms with E-state index in [1.54, 1.807) is 6.08 Å². The SMILES string of the molecule is CCC(=CC=O)CCCC(C)CCCC(C)C. The first-order chi connectivity index (χ1) is 8.10. The van der Waals surface area contributed by atoms with E-state index in [1.165, 1.54) is 37.7 Å². The maximum atomic E-state index is 10.4. The van der Waals surface area contributed by atoms with Gasteiger partial charge in [-0.2, -0.15) is 0 Å². The highest BCUT2D eigenvalue weighted by Crippen LogP contribution is 2.19. The number of rotatable bonds is 10. The van der Waals surface area contributed by atoms with E-state index >= 15 is 0 Å². The molecule has 0 aliphatic carbocycles. The van der Waals surface area contributed by atoms with Crippen molar-refractivity contribution in [2.75, 3.05) is 0 Å². The monoisotopic (exact) mass is 238 g/mol. The van der Waals surface area contributed by atoms with Gasteiger partial charge in [-0.3, -0.25) is 4.79 Å². The molecule has 0 aliphatic rings. The van der Waals surface area contributed by atoms with Gasteiger partial charge >= 0.3 is 0 Å². The van der Waals surface area contributed by atoms with Gasteiger partial charge in [-0.1, -0.05) is 59.0 Å². The topological polar surface area (TPSA) is 17.1 Å². The van der Waals surface area contributed by atoms with Crippen LogP contribution in [0.15, 0.2) is 11.6 Å². The van der Waals surface area contributed by atoms with Gasteiger partial charge in [0.15, 0.2) is 0 Å². The molecule has 0 bridgehead atoms. The average Bonchev–Trinajstić information content (AvgIpc) is 2.27. The van der Waals surface area contributed by atoms with Crippen LogP contribution in [-0.2, 0) is 4.79 Å². The van der Waals surface area contributed by atoms with Crippen molar-refractivity contribution >= 4 is 6.29 Å². The Morgan fingerprint density at radius 1 is 1.06 bits per heavy atom. The van der Waals surface area contributed by atoms with Crippen molar-refractivity contribution in [3.8, 4) is 0 Å². The second-order valence-corrected chi connectivity index (χ2v) is 5.64. The molecule has 1 nitrogen and oxygen atoms in total. The number of carbonyl (C=O) groups is 1. The molecule has 0 aromatic carbocycles. The third kappa shape index (κ3) is 10.3. The lowest BCUT2D eigenvalue weighted by atomic mass is 9.94. The molecule has 0 saturated carbocycles. The minimum Gasteiger partial charge on any atom is -0.299 e. The Balaban J connectivity index is 3.59. The summed E-state index contributed by atoms with van der Waals surface area (Å²) < 4.78 is 0. The Kier molecular flexibility index (Phi) is 10.2. The van der Waals surface area contributed by atoms with Crippen molar-refractivity contribution in [3.63, 3.8) is 0 Å². The number of hydrogen-bond acceptors (Lipinski definition) is 1. The van der Waals surface area contributed by atoms with Crippen LogP contribution in [0.4, 0.5) is 0 Å². The number of hydrogen-bond donors (Lipinski definition) is 0. The molecule has 1 heteroatoms. The van der Waals surface area contributed by atoms with Crippen LogP contribution in [0.25, 0.3) is 0 Å². The van der Waals surface area contributed by atoms with E-state index < -0.39 is 0 Å². The van der Waals surface area contributed by atoms with E-state index in [4.69, 9.17) is 0 Å². The minimum absolute atomic E-state index is 0.836. The first kappa shape index (κ1) is 16.4. The van der Waals surface area contributed by atoms with Crippen LogP contribution in [0.1, 0.15) is 72.6 Å². The summed E-state index contributed by atoms with van der Waals surface area (Å²) in [6, 6.07) is 0. The summed E-state index contributed by atoms with van der Waals surface area (Å²) in [5, 5.41) is 0. The standard InChI is InChI=1S/C16H30O/c1-5-16(12-13-17)11-7-10-15(4)9-6-8-14(2)3/h12-15H,5-11H2,1-4H3. The molecule has 0 aromatic rings. The van der Waals surface area contributed by atoms with Crippen molar-refractivity contribution in [2.45, 2.75) is 72.6 Å². The first-order valence-corrected chi connectivity index (χ1v) is 7.23. The van der Waals surface area contributed by atoms with Crippen molar-refractivity contribution in [3.05, 3.63) is 11.6 Å². The second kappa shape index (κ2) is 10.6. The molecule has 0 aliphatic heterocycles. The molecule has 0 radical (unpaired) electrons. The zero-order valence-corrected chi connectivity index (χ0v) is 12.2. The lowest BCUT2D eigenvalue weighted by molar-refractivity contribution is -0.104. The summed E-state index contributed by atoms with van der Waals surface area (Å²) in [5.41, 5.74) is 1.30. The summed E-state index contributed by atoms with van der Waals surface area (Å²) in [6.07, 6.45) is 11.4. The van der Waals surface area contributed by atoms with Crippen LogP contribution in [0, 0.1) is 11.8 Å². The van der Waals surface area contributed by atoms with Crippen molar-refractivity contribution in [2.24, 2.45) is 11.8 Å². The summed E-state index contributed by atoms with van der Waals surface area (Å²) in [7, 11) is 0. The predicted molar refractivity (Wildman–Crippen MR) is 76.1 cm³/mol. The molecule has 17 heavy (non-hydrogen) atoms. The van der Waals surface area contributed by atoms with E-state index in [9.17, 15) is 4.79 Å². The summed E-state index contributed by atoms with van der Waals surface area (Å²) in [4.78, 5) is 10.4. The molecule has 100 valence electrons. The molecule has 0 heterocycles. The summed E-state index contributed by atoms with van der Waals surface area (Å²) in [5.74, 6) is 1.67. The Bertz CT molecular complexity index is 216. The fourth-order valence-electron chi connectivity index (χ4n) is 2.17. The van der Waals surface area contributed by atoms with E-state index in [2.05, 4.69) is 27.7 Å². The zero-order valence-electron chi connectivity index (χ0n) is 12.2. The molecule has 0 amide bonds. The van der Waals surface area contributed by atoms with E-state index in [1.807, 2.05) is 0 Å². The van der Waals surface area contributed by atoms with Crippen molar-refractivity contribution in [1.29, 1.82) is 0 Å². The van der Waals surface area contributed by atoms with Crippen LogP contribution < -0.4 is 0 Å². The molecule has 0 rings (SSSR count). The molecule has 0 fully saturated rings. The molecule has 0 N–H and O–H groups in total. The summed E-state index contributed by atoms with van der Waals surface area (Å²) in [6.45, 7) is 9.07. The van der Waals surface area contributed by atoms with Gasteiger partial charge in [-0.15, -0.1) is 0 Å². The first-order valence-electron chi connectivity index (χ1n) is 7.23. The van der Waals surface area contributed by atoms with Gasteiger partial charge < -0.3 is 0 Å².